The van der Waals surface area contributed by atoms with Crippen LogP contribution in [-0.2, 0) is 14.3 Å². The van der Waals surface area contributed by atoms with Crippen LogP contribution in [0.15, 0.2) is 0 Å². The predicted octanol–water partition coefficient (Wildman–Crippen LogP) is -1.56. The van der Waals surface area contributed by atoms with Crippen LogP contribution in [0.25, 0.3) is 0 Å². The molecule has 0 bridgehead atoms. The highest BCUT2D eigenvalue weighted by atomic mass is 16.5. The highest BCUT2D eigenvalue weighted by Gasteiger charge is 2.20. The molecule has 1 fully saturated rings. The number of methoxy groups -OCH3 is 1. The number of β-amino-alcohol motifs (C(OH)–C–C–N with tert-alkyl or cyclic N) is 1. The van der Waals surface area contributed by atoms with E-state index in [0.717, 1.165) is 0 Å². The summed E-state index contributed by atoms with van der Waals surface area (Å²) in [6.07, 6.45) is -0.543. The Kier molecular flexibility index (Phi) is 6.32. The van der Waals surface area contributed by atoms with Crippen molar-refractivity contribution in [3.8, 4) is 0 Å². The molecule has 6 nitrogen and oxygen atoms in total. The molecule has 1 saturated heterocycles. The average molecular weight is 232 g/mol. The second kappa shape index (κ2) is 7.56. The molecule has 0 aliphatic carbocycles. The summed E-state index contributed by atoms with van der Waals surface area (Å²) < 4.78 is 9.87. The van der Waals surface area contributed by atoms with Gasteiger partial charge in [0.05, 0.1) is 19.3 Å². The van der Waals surface area contributed by atoms with Crippen molar-refractivity contribution in [2.45, 2.75) is 6.10 Å². The molecule has 0 aromatic carbocycles. The quantitative estimate of drug-likeness (QED) is 0.520. The molecule has 1 heterocycles. The van der Waals surface area contributed by atoms with Crippen LogP contribution in [0.3, 0.4) is 0 Å². The average Bonchev–Trinajstić information content (AvgIpc) is 2.28. The van der Waals surface area contributed by atoms with Gasteiger partial charge in [0.25, 0.3) is 0 Å². The standard InChI is InChI=1S/C10H20N2O4/c1-15-4-2-11-6-9(13)7-12-3-5-16-8-10(12)14/h9,11,13H,2-8H2,1H3. The highest BCUT2D eigenvalue weighted by molar-refractivity contribution is 5.78. The van der Waals surface area contributed by atoms with Gasteiger partial charge in [-0.3, -0.25) is 4.79 Å². The Bertz CT molecular complexity index is 213. The van der Waals surface area contributed by atoms with Crippen LogP contribution >= 0.6 is 0 Å². The second-order valence-electron chi connectivity index (χ2n) is 3.74. The van der Waals surface area contributed by atoms with E-state index < -0.39 is 6.10 Å². The Morgan fingerprint density at radius 2 is 2.50 bits per heavy atom. The van der Waals surface area contributed by atoms with Crippen LogP contribution in [0.1, 0.15) is 0 Å². The van der Waals surface area contributed by atoms with Crippen LogP contribution in [0.4, 0.5) is 0 Å². The molecule has 0 spiro atoms. The number of aliphatic hydroxyl groups excluding tert-OH is 1. The minimum Gasteiger partial charge on any atom is -0.390 e. The van der Waals surface area contributed by atoms with Crippen molar-refractivity contribution in [3.05, 3.63) is 0 Å². The number of morpholine rings is 1. The summed E-state index contributed by atoms with van der Waals surface area (Å²) in [6, 6.07) is 0. The van der Waals surface area contributed by atoms with Crippen molar-refractivity contribution in [1.29, 1.82) is 0 Å². The lowest BCUT2D eigenvalue weighted by Crippen LogP contribution is -2.47. The van der Waals surface area contributed by atoms with Crippen molar-refractivity contribution in [2.24, 2.45) is 0 Å². The molecular weight excluding hydrogens is 212 g/mol. The zero-order chi connectivity index (χ0) is 11.8. The Labute approximate surface area is 95.5 Å². The lowest BCUT2D eigenvalue weighted by Gasteiger charge is -2.28. The van der Waals surface area contributed by atoms with Crippen molar-refractivity contribution in [1.82, 2.24) is 10.2 Å². The number of carbonyl (C=O) groups is 1. The Balaban J connectivity index is 2.12. The Morgan fingerprint density at radius 3 is 3.19 bits per heavy atom. The molecule has 6 heteroatoms. The third-order valence-corrected chi connectivity index (χ3v) is 2.38. The number of hydrogen-bond acceptors (Lipinski definition) is 5. The normalized spacial score (nSPS) is 18.9. The third kappa shape index (κ3) is 4.89. The summed E-state index contributed by atoms with van der Waals surface area (Å²) >= 11 is 0. The van der Waals surface area contributed by atoms with E-state index >= 15 is 0 Å². The van der Waals surface area contributed by atoms with Crippen LogP contribution in [0.5, 0.6) is 0 Å². The Morgan fingerprint density at radius 1 is 1.69 bits per heavy atom. The maximum Gasteiger partial charge on any atom is 0.248 e. The summed E-state index contributed by atoms with van der Waals surface area (Å²) in [7, 11) is 1.63. The van der Waals surface area contributed by atoms with Gasteiger partial charge in [-0.25, -0.2) is 0 Å². The number of hydrogen-bond donors (Lipinski definition) is 2. The molecule has 0 saturated carbocycles. The molecule has 1 aliphatic rings. The zero-order valence-electron chi connectivity index (χ0n) is 9.65. The first kappa shape index (κ1) is 13.4. The van der Waals surface area contributed by atoms with Gasteiger partial charge in [-0.05, 0) is 0 Å². The molecule has 1 rings (SSSR count). The summed E-state index contributed by atoms with van der Waals surface area (Å²) in [4.78, 5) is 13.0. The molecule has 1 aliphatic heterocycles. The number of ether oxygens (including phenoxy) is 2. The van der Waals surface area contributed by atoms with Crippen molar-refractivity contribution >= 4 is 5.91 Å². The largest absolute Gasteiger partial charge is 0.390 e. The minimum absolute atomic E-state index is 0.0535. The smallest absolute Gasteiger partial charge is 0.248 e. The number of carbonyl (C=O) groups excluding carboxylic acids is 1. The minimum atomic E-state index is -0.543. The lowest BCUT2D eigenvalue weighted by molar-refractivity contribution is -0.144. The summed E-state index contributed by atoms with van der Waals surface area (Å²) in [6.45, 7) is 3.39. The van der Waals surface area contributed by atoms with E-state index in [-0.39, 0.29) is 12.5 Å². The number of nitrogens with one attached hydrogen (secondary N) is 1. The number of aliphatic hydroxyl groups is 1. The van der Waals surface area contributed by atoms with E-state index in [2.05, 4.69) is 5.32 Å². The monoisotopic (exact) mass is 232 g/mol. The van der Waals surface area contributed by atoms with Crippen LogP contribution in [0.2, 0.25) is 0 Å². The SMILES string of the molecule is COCCNCC(O)CN1CCOCC1=O. The first-order chi connectivity index (χ1) is 7.74. The molecule has 1 amide bonds. The predicted molar refractivity (Wildman–Crippen MR) is 58.2 cm³/mol. The van der Waals surface area contributed by atoms with Crippen LogP contribution in [0, 0.1) is 0 Å². The van der Waals surface area contributed by atoms with E-state index in [4.69, 9.17) is 9.47 Å². The molecule has 0 radical (unpaired) electrons. The fraction of sp³-hybridized carbons (Fsp3) is 0.900. The lowest BCUT2D eigenvalue weighted by atomic mass is 10.3. The van der Waals surface area contributed by atoms with Gasteiger partial charge in [-0.1, -0.05) is 0 Å². The van der Waals surface area contributed by atoms with Gasteiger partial charge in [-0.15, -0.1) is 0 Å². The fourth-order valence-electron chi connectivity index (χ4n) is 1.51. The molecule has 1 atom stereocenters. The van der Waals surface area contributed by atoms with Gasteiger partial charge in [-0.2, -0.15) is 0 Å². The zero-order valence-corrected chi connectivity index (χ0v) is 9.65. The summed E-state index contributed by atoms with van der Waals surface area (Å²) in [5, 5.41) is 12.7. The first-order valence-electron chi connectivity index (χ1n) is 5.47. The number of nitrogens with zero attached hydrogens (tertiary/aromatic N) is 1. The van der Waals surface area contributed by atoms with Crippen molar-refractivity contribution in [3.63, 3.8) is 0 Å². The molecule has 2 N–H and O–H groups in total. The van der Waals surface area contributed by atoms with E-state index in [9.17, 15) is 9.90 Å². The third-order valence-electron chi connectivity index (χ3n) is 2.38. The van der Waals surface area contributed by atoms with E-state index in [0.29, 0.717) is 39.4 Å². The van der Waals surface area contributed by atoms with Gasteiger partial charge < -0.3 is 24.8 Å². The van der Waals surface area contributed by atoms with Crippen molar-refractivity contribution in [2.75, 3.05) is 53.1 Å². The molecule has 0 aromatic rings. The molecule has 16 heavy (non-hydrogen) atoms. The molecule has 1 unspecified atom stereocenters. The number of amides is 1. The number of rotatable bonds is 7. The second-order valence-corrected chi connectivity index (χ2v) is 3.74. The van der Waals surface area contributed by atoms with Gasteiger partial charge in [0.2, 0.25) is 5.91 Å². The summed E-state index contributed by atoms with van der Waals surface area (Å²) in [5.74, 6) is -0.0535. The topological polar surface area (TPSA) is 71.0 Å². The maximum atomic E-state index is 11.4. The van der Waals surface area contributed by atoms with Crippen LogP contribution < -0.4 is 5.32 Å². The maximum absolute atomic E-state index is 11.4. The Hall–Kier alpha value is -0.690. The fourth-order valence-corrected chi connectivity index (χ4v) is 1.51. The molecule has 0 aromatic heterocycles. The van der Waals surface area contributed by atoms with Gasteiger partial charge in [0, 0.05) is 33.3 Å². The van der Waals surface area contributed by atoms with Crippen LogP contribution in [-0.4, -0.2) is 75.1 Å². The van der Waals surface area contributed by atoms with Gasteiger partial charge >= 0.3 is 0 Å². The van der Waals surface area contributed by atoms with Gasteiger partial charge in [0.1, 0.15) is 6.61 Å². The van der Waals surface area contributed by atoms with Gasteiger partial charge in [0.15, 0.2) is 0 Å². The van der Waals surface area contributed by atoms with E-state index in [1.54, 1.807) is 12.0 Å². The summed E-state index contributed by atoms with van der Waals surface area (Å²) in [5.41, 5.74) is 0. The molecule has 94 valence electrons. The first-order valence-corrected chi connectivity index (χ1v) is 5.47. The van der Waals surface area contributed by atoms with Crippen molar-refractivity contribution < 1.29 is 19.4 Å². The highest BCUT2D eigenvalue weighted by Crippen LogP contribution is 1.99. The van der Waals surface area contributed by atoms with E-state index in [1.807, 2.05) is 0 Å². The molecular formula is C10H20N2O4. The van der Waals surface area contributed by atoms with E-state index in [1.165, 1.54) is 0 Å².